The number of methoxy groups -OCH3 is 3. The minimum Gasteiger partial charge on any atom is -0.466 e. The van der Waals surface area contributed by atoms with E-state index >= 15 is 0 Å². The molecule has 1 aliphatic heterocycles. The van der Waals surface area contributed by atoms with Crippen molar-refractivity contribution in [2.75, 3.05) is 21.3 Å². The Kier molecular flexibility index (Phi) is 6.28. The van der Waals surface area contributed by atoms with Crippen molar-refractivity contribution in [2.45, 2.75) is 33.6 Å². The second kappa shape index (κ2) is 8.29. The Morgan fingerprint density at radius 3 is 1.61 bits per heavy atom. The lowest BCUT2D eigenvalue weighted by atomic mass is 9.77. The third kappa shape index (κ3) is 3.65. The van der Waals surface area contributed by atoms with Crippen molar-refractivity contribution in [2.24, 2.45) is 0 Å². The third-order valence-corrected chi connectivity index (χ3v) is 4.95. The number of rotatable bonds is 4. The van der Waals surface area contributed by atoms with Gasteiger partial charge in [0.05, 0.1) is 44.0 Å². The third-order valence-electron chi connectivity index (χ3n) is 4.95. The lowest BCUT2D eigenvalue weighted by molar-refractivity contribution is -0.137. The highest BCUT2D eigenvalue weighted by molar-refractivity contribution is 6.01. The Morgan fingerprint density at radius 2 is 1.18 bits per heavy atom. The van der Waals surface area contributed by atoms with Crippen LogP contribution in [0.3, 0.4) is 0 Å². The average molecular weight is 387 g/mol. The van der Waals surface area contributed by atoms with Gasteiger partial charge in [0.15, 0.2) is 0 Å². The van der Waals surface area contributed by atoms with E-state index < -0.39 is 23.8 Å². The van der Waals surface area contributed by atoms with Gasteiger partial charge in [0.25, 0.3) is 0 Å². The molecule has 150 valence electrons. The highest BCUT2D eigenvalue weighted by atomic mass is 16.5. The van der Waals surface area contributed by atoms with E-state index in [-0.39, 0.29) is 16.7 Å². The largest absolute Gasteiger partial charge is 0.466 e. The van der Waals surface area contributed by atoms with Gasteiger partial charge in [0.2, 0.25) is 0 Å². The van der Waals surface area contributed by atoms with E-state index in [0.717, 1.165) is 11.1 Å². The molecule has 1 heterocycles. The van der Waals surface area contributed by atoms with E-state index in [1.807, 2.05) is 13.8 Å². The molecule has 1 aliphatic rings. The number of allylic oxidation sites excluding steroid dienone is 2. The fraction of sp³-hybridized carbons (Fsp3) is 0.381. The molecule has 1 N–H and O–H groups in total. The fourth-order valence-electron chi connectivity index (χ4n) is 3.43. The van der Waals surface area contributed by atoms with Crippen LogP contribution in [0.15, 0.2) is 34.7 Å². The van der Waals surface area contributed by atoms with E-state index in [9.17, 15) is 14.4 Å². The summed E-state index contributed by atoms with van der Waals surface area (Å²) in [5.74, 6) is -2.59. The maximum atomic E-state index is 12.6. The quantitative estimate of drug-likeness (QED) is 0.627. The first-order valence-corrected chi connectivity index (χ1v) is 8.72. The van der Waals surface area contributed by atoms with Gasteiger partial charge in [-0.1, -0.05) is 6.07 Å². The lowest BCUT2D eigenvalue weighted by Crippen LogP contribution is -2.33. The van der Waals surface area contributed by atoms with Crippen LogP contribution in [-0.2, 0) is 23.8 Å². The zero-order valence-corrected chi connectivity index (χ0v) is 17.2. The van der Waals surface area contributed by atoms with Crippen LogP contribution in [0.5, 0.6) is 0 Å². The molecule has 0 unspecified atom stereocenters. The van der Waals surface area contributed by atoms with Gasteiger partial charge in [-0.2, -0.15) is 0 Å². The molecule has 0 amide bonds. The summed E-state index contributed by atoms with van der Waals surface area (Å²) < 4.78 is 14.9. The SMILES string of the molecule is COC(=O)C1=C(C)NC(C)=C(C(=O)OC)C1c1cc(C)c(C)cc1C(=O)OC. The molecule has 7 heteroatoms. The number of dihydropyridines is 1. The highest BCUT2D eigenvalue weighted by Gasteiger charge is 2.39. The molecule has 0 aromatic heterocycles. The summed E-state index contributed by atoms with van der Waals surface area (Å²) >= 11 is 0. The number of carbonyl (C=O) groups is 3. The van der Waals surface area contributed by atoms with Crippen molar-refractivity contribution in [1.82, 2.24) is 5.32 Å². The Labute approximate surface area is 164 Å². The van der Waals surface area contributed by atoms with Gasteiger partial charge >= 0.3 is 17.9 Å². The predicted molar refractivity (Wildman–Crippen MR) is 103 cm³/mol. The molecule has 1 aromatic carbocycles. The van der Waals surface area contributed by atoms with E-state index in [1.165, 1.54) is 21.3 Å². The van der Waals surface area contributed by atoms with Crippen LogP contribution in [0.25, 0.3) is 0 Å². The predicted octanol–water partition coefficient (Wildman–Crippen LogP) is 2.67. The molecule has 1 aromatic rings. The first-order chi connectivity index (χ1) is 13.2. The number of aryl methyl sites for hydroxylation is 2. The minimum atomic E-state index is -0.838. The Balaban J connectivity index is 2.90. The molecule has 0 aliphatic carbocycles. The lowest BCUT2D eigenvalue weighted by Gasteiger charge is -2.31. The van der Waals surface area contributed by atoms with Gasteiger partial charge < -0.3 is 19.5 Å². The monoisotopic (exact) mass is 387 g/mol. The summed E-state index contributed by atoms with van der Waals surface area (Å²) in [6.45, 7) is 7.20. The van der Waals surface area contributed by atoms with E-state index in [0.29, 0.717) is 17.0 Å². The topological polar surface area (TPSA) is 90.9 Å². The normalized spacial score (nSPS) is 14.5. The summed E-state index contributed by atoms with van der Waals surface area (Å²) in [5.41, 5.74) is 4.11. The maximum Gasteiger partial charge on any atom is 0.338 e. The Bertz CT molecular complexity index is 872. The number of esters is 3. The Morgan fingerprint density at radius 1 is 0.750 bits per heavy atom. The molecule has 0 atom stereocenters. The molecular formula is C21H25NO6. The van der Waals surface area contributed by atoms with E-state index in [2.05, 4.69) is 5.32 Å². The molecule has 7 nitrogen and oxygen atoms in total. The number of ether oxygens (including phenoxy) is 3. The molecule has 0 saturated heterocycles. The van der Waals surface area contributed by atoms with Crippen LogP contribution in [0, 0.1) is 13.8 Å². The summed E-state index contributed by atoms with van der Waals surface area (Å²) in [5, 5.41) is 3.04. The molecule has 0 fully saturated rings. The fourth-order valence-corrected chi connectivity index (χ4v) is 3.43. The highest BCUT2D eigenvalue weighted by Crippen LogP contribution is 2.41. The molecule has 0 spiro atoms. The molecule has 0 radical (unpaired) electrons. The standard InChI is InChI=1S/C21H25NO6/c1-10-8-14(15(9-11(10)2)19(23)26-5)18-16(20(24)27-6)12(3)22-13(4)17(18)21(25)28-7/h8-9,18,22H,1-7H3. The van der Waals surface area contributed by atoms with E-state index in [4.69, 9.17) is 14.2 Å². The number of benzene rings is 1. The van der Waals surface area contributed by atoms with Crippen molar-refractivity contribution in [3.8, 4) is 0 Å². The summed E-state index contributed by atoms with van der Waals surface area (Å²) in [4.78, 5) is 37.7. The van der Waals surface area contributed by atoms with Gasteiger partial charge in [0.1, 0.15) is 0 Å². The first kappa shape index (κ1) is 21.2. The number of carbonyl (C=O) groups excluding carboxylic acids is 3. The summed E-state index contributed by atoms with van der Waals surface area (Å²) in [6, 6.07) is 3.50. The van der Waals surface area contributed by atoms with Crippen LogP contribution in [0.4, 0.5) is 0 Å². The van der Waals surface area contributed by atoms with Crippen LogP contribution in [0.2, 0.25) is 0 Å². The molecule has 28 heavy (non-hydrogen) atoms. The van der Waals surface area contributed by atoms with Gasteiger partial charge in [-0.3, -0.25) is 0 Å². The number of nitrogens with one attached hydrogen (secondary N) is 1. The second-order valence-electron chi connectivity index (χ2n) is 6.63. The van der Waals surface area contributed by atoms with Crippen LogP contribution < -0.4 is 5.32 Å². The van der Waals surface area contributed by atoms with Crippen LogP contribution in [-0.4, -0.2) is 39.2 Å². The minimum absolute atomic E-state index is 0.238. The zero-order chi connectivity index (χ0) is 21.2. The smallest absolute Gasteiger partial charge is 0.338 e. The average Bonchev–Trinajstić information content (AvgIpc) is 2.67. The molecule has 0 bridgehead atoms. The van der Waals surface area contributed by atoms with Crippen molar-refractivity contribution >= 4 is 17.9 Å². The molecule has 0 saturated carbocycles. The van der Waals surface area contributed by atoms with Gasteiger partial charge in [0, 0.05) is 11.4 Å². The van der Waals surface area contributed by atoms with Crippen LogP contribution >= 0.6 is 0 Å². The maximum absolute atomic E-state index is 12.6. The molecule has 2 rings (SSSR count). The summed E-state index contributed by atoms with van der Waals surface area (Å²) in [7, 11) is 3.82. The molecular weight excluding hydrogens is 362 g/mol. The van der Waals surface area contributed by atoms with Crippen LogP contribution in [0.1, 0.15) is 46.8 Å². The van der Waals surface area contributed by atoms with Crippen molar-refractivity contribution in [3.05, 3.63) is 56.9 Å². The second-order valence-corrected chi connectivity index (χ2v) is 6.63. The summed E-state index contributed by atoms with van der Waals surface area (Å²) in [6.07, 6.45) is 0. The van der Waals surface area contributed by atoms with Crippen molar-refractivity contribution in [3.63, 3.8) is 0 Å². The van der Waals surface area contributed by atoms with E-state index in [1.54, 1.807) is 26.0 Å². The van der Waals surface area contributed by atoms with Crippen molar-refractivity contribution in [1.29, 1.82) is 0 Å². The number of hydrogen-bond acceptors (Lipinski definition) is 7. The number of hydrogen-bond donors (Lipinski definition) is 1. The zero-order valence-electron chi connectivity index (χ0n) is 17.2. The first-order valence-electron chi connectivity index (χ1n) is 8.72. The Hall–Kier alpha value is -3.09. The van der Waals surface area contributed by atoms with Gasteiger partial charge in [-0.25, -0.2) is 14.4 Å². The van der Waals surface area contributed by atoms with Crippen molar-refractivity contribution < 1.29 is 28.6 Å². The van der Waals surface area contributed by atoms with Gasteiger partial charge in [-0.05, 0) is 50.5 Å². The van der Waals surface area contributed by atoms with Gasteiger partial charge in [-0.15, -0.1) is 0 Å².